The van der Waals surface area contributed by atoms with Gasteiger partial charge in [-0.25, -0.2) is 4.79 Å². The van der Waals surface area contributed by atoms with Gasteiger partial charge in [0.25, 0.3) is 0 Å². The van der Waals surface area contributed by atoms with E-state index >= 15 is 0 Å². The van der Waals surface area contributed by atoms with Gasteiger partial charge < -0.3 is 9.47 Å². The van der Waals surface area contributed by atoms with Crippen LogP contribution >= 0.6 is 11.6 Å². The molecule has 0 aliphatic carbocycles. The molecule has 31 heavy (non-hydrogen) atoms. The zero-order chi connectivity index (χ0) is 23.3. The van der Waals surface area contributed by atoms with Crippen LogP contribution in [-0.2, 0) is 14.9 Å². The minimum atomic E-state index is -0.525. The molecule has 2 aromatic carbocycles. The summed E-state index contributed by atoms with van der Waals surface area (Å²) in [5.41, 5.74) is 2.78. The van der Waals surface area contributed by atoms with Gasteiger partial charge in [0.15, 0.2) is 0 Å². The summed E-state index contributed by atoms with van der Waals surface area (Å²) in [4.78, 5) is 25.8. The first-order valence-electron chi connectivity index (χ1n) is 10.7. The van der Waals surface area contributed by atoms with Crippen LogP contribution in [0.5, 0.6) is 5.75 Å². The highest BCUT2D eigenvalue weighted by Crippen LogP contribution is 2.39. The van der Waals surface area contributed by atoms with E-state index in [4.69, 9.17) is 21.1 Å². The van der Waals surface area contributed by atoms with E-state index in [9.17, 15) is 9.59 Å². The van der Waals surface area contributed by atoms with Crippen LogP contribution in [0, 0.1) is 12.8 Å². The molecule has 0 aromatic heterocycles. The van der Waals surface area contributed by atoms with E-state index < -0.39 is 11.9 Å². The van der Waals surface area contributed by atoms with Crippen molar-refractivity contribution in [2.24, 2.45) is 5.92 Å². The standard InChI is InChI=1S/C26H33ClO4/c1-8-30-25(29)22(12-16(2)3)21-15-19(26(5,6)7)13-17(4)23(21)31-24(28)18-10-9-11-20(27)14-18/h9-11,13-16,22H,8,12H2,1-7H3. The molecular weight excluding hydrogens is 412 g/mol. The molecule has 1 atom stereocenters. The highest BCUT2D eigenvalue weighted by atomic mass is 35.5. The Balaban J connectivity index is 2.62. The third kappa shape index (κ3) is 6.57. The lowest BCUT2D eigenvalue weighted by atomic mass is 9.81. The van der Waals surface area contributed by atoms with Crippen molar-refractivity contribution in [3.8, 4) is 5.75 Å². The van der Waals surface area contributed by atoms with Gasteiger partial charge in [-0.15, -0.1) is 0 Å². The monoisotopic (exact) mass is 444 g/mol. The first kappa shape index (κ1) is 24.9. The van der Waals surface area contributed by atoms with E-state index in [-0.39, 0.29) is 17.3 Å². The lowest BCUT2D eigenvalue weighted by Crippen LogP contribution is -2.22. The number of hydrogen-bond donors (Lipinski definition) is 0. The summed E-state index contributed by atoms with van der Waals surface area (Å²) in [6.45, 7) is 14.5. The zero-order valence-electron chi connectivity index (χ0n) is 19.5. The zero-order valence-corrected chi connectivity index (χ0v) is 20.3. The van der Waals surface area contributed by atoms with Crippen molar-refractivity contribution in [2.75, 3.05) is 6.61 Å². The highest BCUT2D eigenvalue weighted by molar-refractivity contribution is 6.30. The predicted octanol–water partition coefficient (Wildman–Crippen LogP) is 6.86. The number of esters is 2. The second-order valence-corrected chi connectivity index (χ2v) is 9.73. The summed E-state index contributed by atoms with van der Waals surface area (Å²) < 4.78 is 11.3. The summed E-state index contributed by atoms with van der Waals surface area (Å²) >= 11 is 6.04. The molecule has 4 nitrogen and oxygen atoms in total. The van der Waals surface area contributed by atoms with E-state index in [0.29, 0.717) is 34.9 Å². The number of aryl methyl sites for hydroxylation is 1. The number of benzene rings is 2. The Morgan fingerprint density at radius 2 is 1.77 bits per heavy atom. The van der Waals surface area contributed by atoms with Gasteiger partial charge >= 0.3 is 11.9 Å². The van der Waals surface area contributed by atoms with Gasteiger partial charge in [0.2, 0.25) is 0 Å². The van der Waals surface area contributed by atoms with Crippen LogP contribution in [0.4, 0.5) is 0 Å². The van der Waals surface area contributed by atoms with Crippen molar-refractivity contribution in [1.82, 2.24) is 0 Å². The van der Waals surface area contributed by atoms with E-state index in [2.05, 4.69) is 34.6 Å². The lowest BCUT2D eigenvalue weighted by molar-refractivity contribution is -0.145. The Bertz CT molecular complexity index is 941. The number of carbonyl (C=O) groups excluding carboxylic acids is 2. The highest BCUT2D eigenvalue weighted by Gasteiger charge is 2.30. The Hall–Kier alpha value is -2.33. The Morgan fingerprint density at radius 3 is 2.32 bits per heavy atom. The SMILES string of the molecule is CCOC(=O)C(CC(C)C)c1cc(C(C)(C)C)cc(C)c1OC(=O)c1cccc(Cl)c1. The molecule has 0 bridgehead atoms. The van der Waals surface area contributed by atoms with Crippen LogP contribution in [0.3, 0.4) is 0 Å². The molecule has 0 saturated carbocycles. The normalized spacial score (nSPS) is 12.5. The second-order valence-electron chi connectivity index (χ2n) is 9.30. The van der Waals surface area contributed by atoms with Gasteiger partial charge in [-0.1, -0.05) is 64.4 Å². The quantitative estimate of drug-likeness (QED) is 0.345. The Morgan fingerprint density at radius 1 is 1.10 bits per heavy atom. The molecule has 0 N–H and O–H groups in total. The van der Waals surface area contributed by atoms with Crippen molar-refractivity contribution in [3.05, 3.63) is 63.7 Å². The van der Waals surface area contributed by atoms with Crippen LogP contribution < -0.4 is 4.74 Å². The van der Waals surface area contributed by atoms with E-state index in [1.807, 2.05) is 19.1 Å². The molecule has 0 spiro atoms. The van der Waals surface area contributed by atoms with Crippen LogP contribution in [0.1, 0.15) is 80.9 Å². The summed E-state index contributed by atoms with van der Waals surface area (Å²) in [6, 6.07) is 10.6. The van der Waals surface area contributed by atoms with Crippen molar-refractivity contribution in [2.45, 2.75) is 66.2 Å². The largest absolute Gasteiger partial charge is 0.466 e. The molecule has 0 radical (unpaired) electrons. The molecule has 5 heteroatoms. The number of halogens is 1. The van der Waals surface area contributed by atoms with Crippen LogP contribution in [-0.4, -0.2) is 18.5 Å². The van der Waals surface area contributed by atoms with Crippen molar-refractivity contribution < 1.29 is 19.1 Å². The number of rotatable bonds is 7. The number of carbonyl (C=O) groups is 2. The van der Waals surface area contributed by atoms with Crippen molar-refractivity contribution in [3.63, 3.8) is 0 Å². The molecule has 168 valence electrons. The van der Waals surface area contributed by atoms with E-state index in [0.717, 1.165) is 11.1 Å². The van der Waals surface area contributed by atoms with Gasteiger partial charge in [0.1, 0.15) is 5.75 Å². The molecule has 0 aliphatic rings. The molecule has 0 saturated heterocycles. The maximum absolute atomic E-state index is 12.9. The molecule has 2 rings (SSSR count). The van der Waals surface area contributed by atoms with Crippen molar-refractivity contribution >= 4 is 23.5 Å². The van der Waals surface area contributed by atoms with Gasteiger partial charge in [0.05, 0.1) is 18.1 Å². The maximum Gasteiger partial charge on any atom is 0.343 e. The fraction of sp³-hybridized carbons (Fsp3) is 0.462. The summed E-state index contributed by atoms with van der Waals surface area (Å²) in [5, 5.41) is 0.457. The fourth-order valence-electron chi connectivity index (χ4n) is 3.46. The van der Waals surface area contributed by atoms with Crippen LogP contribution in [0.25, 0.3) is 0 Å². The van der Waals surface area contributed by atoms with Gasteiger partial charge in [-0.3, -0.25) is 4.79 Å². The number of hydrogen-bond acceptors (Lipinski definition) is 4. The molecule has 0 amide bonds. The molecule has 2 aromatic rings. The Kier molecular flexibility index (Phi) is 8.30. The summed E-state index contributed by atoms with van der Waals surface area (Å²) in [6.07, 6.45) is 0.591. The topological polar surface area (TPSA) is 52.6 Å². The predicted molar refractivity (Wildman–Crippen MR) is 125 cm³/mol. The Labute approximate surface area is 190 Å². The summed E-state index contributed by atoms with van der Waals surface area (Å²) in [5.74, 6) is -0.673. The van der Waals surface area contributed by atoms with E-state index in [1.165, 1.54) is 0 Å². The van der Waals surface area contributed by atoms with Crippen LogP contribution in [0.15, 0.2) is 36.4 Å². The average Bonchev–Trinajstić information content (AvgIpc) is 2.66. The molecular formula is C26H33ClO4. The first-order chi connectivity index (χ1) is 14.4. The first-order valence-corrected chi connectivity index (χ1v) is 11.1. The molecule has 0 heterocycles. The second kappa shape index (κ2) is 10.3. The smallest absolute Gasteiger partial charge is 0.343 e. The van der Waals surface area contributed by atoms with Crippen molar-refractivity contribution in [1.29, 1.82) is 0 Å². The minimum Gasteiger partial charge on any atom is -0.466 e. The van der Waals surface area contributed by atoms with Gasteiger partial charge in [-0.05, 0) is 60.9 Å². The number of ether oxygens (including phenoxy) is 2. The van der Waals surface area contributed by atoms with Gasteiger partial charge in [0, 0.05) is 10.6 Å². The van der Waals surface area contributed by atoms with E-state index in [1.54, 1.807) is 31.2 Å². The minimum absolute atomic E-state index is 0.133. The fourth-order valence-corrected chi connectivity index (χ4v) is 3.65. The molecule has 1 unspecified atom stereocenters. The average molecular weight is 445 g/mol. The molecule has 0 aliphatic heterocycles. The third-order valence-corrected chi connectivity index (χ3v) is 5.31. The van der Waals surface area contributed by atoms with Gasteiger partial charge in [-0.2, -0.15) is 0 Å². The maximum atomic E-state index is 12.9. The van der Waals surface area contributed by atoms with Crippen LogP contribution in [0.2, 0.25) is 5.02 Å². The molecule has 0 fully saturated rings. The lowest BCUT2D eigenvalue weighted by Gasteiger charge is -2.26. The third-order valence-electron chi connectivity index (χ3n) is 5.08. The summed E-state index contributed by atoms with van der Waals surface area (Å²) in [7, 11) is 0.